The highest BCUT2D eigenvalue weighted by Gasteiger charge is 2.29. The van der Waals surface area contributed by atoms with Crippen LogP contribution in [0, 0.1) is 6.92 Å². The number of nitrogens with two attached hydrogens (primary N) is 1. The summed E-state index contributed by atoms with van der Waals surface area (Å²) >= 11 is 0. The molecule has 16 heavy (non-hydrogen) atoms. The number of nitrogens with zero attached hydrogens (tertiary/aromatic N) is 3. The van der Waals surface area contributed by atoms with Crippen molar-refractivity contribution in [3.05, 3.63) is 23.7 Å². The molecular weight excluding hydrogens is 204 g/mol. The van der Waals surface area contributed by atoms with E-state index in [2.05, 4.69) is 14.8 Å². The summed E-state index contributed by atoms with van der Waals surface area (Å²) in [5.74, 6) is 3.30. The van der Waals surface area contributed by atoms with Gasteiger partial charge in [-0.3, -0.25) is 0 Å². The average molecular weight is 218 g/mol. The van der Waals surface area contributed by atoms with Crippen molar-refractivity contribution in [1.82, 2.24) is 14.8 Å². The normalized spacial score (nSPS) is 15.6. The summed E-state index contributed by atoms with van der Waals surface area (Å²) in [6.45, 7) is 2.39. The topological polar surface area (TPSA) is 69.9 Å². The molecule has 0 spiro atoms. The van der Waals surface area contributed by atoms with E-state index in [4.69, 9.17) is 10.2 Å². The Hall–Kier alpha value is -1.62. The van der Waals surface area contributed by atoms with E-state index >= 15 is 0 Å². The van der Waals surface area contributed by atoms with E-state index in [0.29, 0.717) is 12.6 Å². The molecule has 5 nitrogen and oxygen atoms in total. The summed E-state index contributed by atoms with van der Waals surface area (Å²) in [5, 5.41) is 8.28. The minimum absolute atomic E-state index is 0.413. The second-order valence-corrected chi connectivity index (χ2v) is 4.14. The summed E-state index contributed by atoms with van der Waals surface area (Å²) in [6, 6.07) is 4.35. The minimum atomic E-state index is 0.413. The molecule has 84 valence electrons. The first-order chi connectivity index (χ1) is 7.79. The fourth-order valence-corrected chi connectivity index (χ4v) is 1.92. The molecule has 0 saturated heterocycles. The number of hydrogen-bond acceptors (Lipinski definition) is 4. The van der Waals surface area contributed by atoms with Crippen molar-refractivity contribution in [2.24, 2.45) is 5.73 Å². The van der Waals surface area contributed by atoms with Crippen molar-refractivity contribution in [2.75, 3.05) is 0 Å². The van der Waals surface area contributed by atoms with Gasteiger partial charge in [0.15, 0.2) is 11.6 Å². The van der Waals surface area contributed by atoms with E-state index in [-0.39, 0.29) is 0 Å². The molecule has 1 aliphatic rings. The summed E-state index contributed by atoms with van der Waals surface area (Å²) in [7, 11) is 0. The van der Waals surface area contributed by atoms with Crippen molar-refractivity contribution >= 4 is 0 Å². The molecule has 2 aromatic heterocycles. The standard InChI is InChI=1S/C11H14N4O/c1-7-13-14-11(15(7)8-2-3-8)10-5-4-9(6-12)16-10/h4-5,8H,2-3,6,12H2,1H3. The number of furan rings is 1. The Morgan fingerprint density at radius 1 is 1.44 bits per heavy atom. The molecule has 0 aromatic carbocycles. The van der Waals surface area contributed by atoms with Gasteiger partial charge in [-0.1, -0.05) is 0 Å². The van der Waals surface area contributed by atoms with Crippen LogP contribution in [0.5, 0.6) is 0 Å². The van der Waals surface area contributed by atoms with E-state index in [1.54, 1.807) is 0 Å². The van der Waals surface area contributed by atoms with Gasteiger partial charge in [-0.15, -0.1) is 10.2 Å². The highest BCUT2D eigenvalue weighted by Crippen LogP contribution is 2.38. The summed E-state index contributed by atoms with van der Waals surface area (Å²) < 4.78 is 7.75. The van der Waals surface area contributed by atoms with Gasteiger partial charge >= 0.3 is 0 Å². The lowest BCUT2D eigenvalue weighted by atomic mass is 10.4. The van der Waals surface area contributed by atoms with Crippen LogP contribution in [0.2, 0.25) is 0 Å². The van der Waals surface area contributed by atoms with Crippen molar-refractivity contribution in [3.8, 4) is 11.6 Å². The largest absolute Gasteiger partial charge is 0.456 e. The highest BCUT2D eigenvalue weighted by atomic mass is 16.3. The monoisotopic (exact) mass is 218 g/mol. The van der Waals surface area contributed by atoms with E-state index < -0.39 is 0 Å². The molecule has 0 unspecified atom stereocenters. The van der Waals surface area contributed by atoms with Gasteiger partial charge in [0.25, 0.3) is 0 Å². The second-order valence-electron chi connectivity index (χ2n) is 4.14. The Morgan fingerprint density at radius 3 is 2.88 bits per heavy atom. The predicted octanol–water partition coefficient (Wildman–Crippen LogP) is 1.64. The van der Waals surface area contributed by atoms with Crippen LogP contribution < -0.4 is 5.73 Å². The van der Waals surface area contributed by atoms with Gasteiger partial charge in [0.1, 0.15) is 11.6 Å². The lowest BCUT2D eigenvalue weighted by Crippen LogP contribution is -1.99. The van der Waals surface area contributed by atoms with Crippen molar-refractivity contribution in [2.45, 2.75) is 32.4 Å². The molecule has 0 radical (unpaired) electrons. The molecule has 1 fully saturated rings. The Morgan fingerprint density at radius 2 is 2.25 bits per heavy atom. The van der Waals surface area contributed by atoms with Crippen LogP contribution in [0.4, 0.5) is 0 Å². The molecule has 0 aliphatic heterocycles. The Bertz CT molecular complexity index is 510. The van der Waals surface area contributed by atoms with Crippen molar-refractivity contribution in [3.63, 3.8) is 0 Å². The van der Waals surface area contributed by atoms with Gasteiger partial charge < -0.3 is 14.7 Å². The van der Waals surface area contributed by atoms with Crippen molar-refractivity contribution in [1.29, 1.82) is 0 Å². The third-order valence-corrected chi connectivity index (χ3v) is 2.86. The fourth-order valence-electron chi connectivity index (χ4n) is 1.92. The zero-order valence-corrected chi connectivity index (χ0v) is 9.18. The van der Waals surface area contributed by atoms with Crippen LogP contribution >= 0.6 is 0 Å². The smallest absolute Gasteiger partial charge is 0.200 e. The molecular formula is C11H14N4O. The number of aromatic nitrogens is 3. The van der Waals surface area contributed by atoms with Crippen LogP contribution in [0.25, 0.3) is 11.6 Å². The van der Waals surface area contributed by atoms with Gasteiger partial charge in [-0.25, -0.2) is 0 Å². The lowest BCUT2D eigenvalue weighted by Gasteiger charge is -2.03. The molecule has 1 saturated carbocycles. The lowest BCUT2D eigenvalue weighted by molar-refractivity contribution is 0.516. The van der Waals surface area contributed by atoms with Crippen LogP contribution in [-0.2, 0) is 6.54 Å². The average Bonchev–Trinajstić information content (AvgIpc) is 2.88. The SMILES string of the molecule is Cc1nnc(-c2ccc(CN)o2)n1C1CC1. The zero-order chi connectivity index (χ0) is 11.1. The Balaban J connectivity index is 2.05. The molecule has 2 aromatic rings. The Kier molecular flexibility index (Phi) is 2.07. The molecule has 0 atom stereocenters. The van der Waals surface area contributed by atoms with Crippen LogP contribution in [0.15, 0.2) is 16.5 Å². The predicted molar refractivity (Wildman–Crippen MR) is 58.6 cm³/mol. The zero-order valence-electron chi connectivity index (χ0n) is 9.18. The first-order valence-electron chi connectivity index (χ1n) is 5.50. The third-order valence-electron chi connectivity index (χ3n) is 2.86. The van der Waals surface area contributed by atoms with E-state index in [1.807, 2.05) is 19.1 Å². The first kappa shape index (κ1) is 9.59. The van der Waals surface area contributed by atoms with E-state index in [1.165, 1.54) is 12.8 Å². The number of hydrogen-bond donors (Lipinski definition) is 1. The fraction of sp³-hybridized carbons (Fsp3) is 0.455. The Labute approximate surface area is 93.3 Å². The van der Waals surface area contributed by atoms with Gasteiger partial charge in [0, 0.05) is 6.04 Å². The molecule has 0 bridgehead atoms. The number of rotatable bonds is 3. The maximum Gasteiger partial charge on any atom is 0.200 e. The van der Waals surface area contributed by atoms with Crippen LogP contribution in [0.3, 0.4) is 0 Å². The van der Waals surface area contributed by atoms with Crippen LogP contribution in [-0.4, -0.2) is 14.8 Å². The summed E-state index contributed by atoms with van der Waals surface area (Å²) in [5.41, 5.74) is 5.52. The van der Waals surface area contributed by atoms with Gasteiger partial charge in [0.05, 0.1) is 6.54 Å². The van der Waals surface area contributed by atoms with E-state index in [9.17, 15) is 0 Å². The van der Waals surface area contributed by atoms with E-state index in [0.717, 1.165) is 23.2 Å². The van der Waals surface area contributed by atoms with Crippen molar-refractivity contribution < 1.29 is 4.42 Å². The highest BCUT2D eigenvalue weighted by molar-refractivity contribution is 5.48. The first-order valence-corrected chi connectivity index (χ1v) is 5.50. The summed E-state index contributed by atoms with van der Waals surface area (Å²) in [4.78, 5) is 0. The second kappa shape index (κ2) is 3.45. The van der Waals surface area contributed by atoms with Crippen LogP contribution in [0.1, 0.15) is 30.5 Å². The number of aryl methyl sites for hydroxylation is 1. The molecule has 5 heteroatoms. The third kappa shape index (κ3) is 1.44. The maximum atomic E-state index is 5.60. The molecule has 1 aliphatic carbocycles. The molecule has 0 amide bonds. The molecule has 3 rings (SSSR count). The summed E-state index contributed by atoms with van der Waals surface area (Å²) in [6.07, 6.45) is 2.41. The maximum absolute atomic E-state index is 5.60. The quantitative estimate of drug-likeness (QED) is 0.850. The minimum Gasteiger partial charge on any atom is -0.456 e. The van der Waals surface area contributed by atoms with Gasteiger partial charge in [0.2, 0.25) is 0 Å². The van der Waals surface area contributed by atoms with Gasteiger partial charge in [-0.05, 0) is 31.9 Å². The molecule has 2 heterocycles. The van der Waals surface area contributed by atoms with Gasteiger partial charge in [-0.2, -0.15) is 0 Å². The molecule has 2 N–H and O–H groups in total.